The fraction of sp³-hybridized carbons (Fsp3) is 0.929. The highest BCUT2D eigenvalue weighted by atomic mass is 16.6. The first kappa shape index (κ1) is 33.8. The summed E-state index contributed by atoms with van der Waals surface area (Å²) in [6.07, 6.45) is 21.3. The number of ether oxygens (including phenoxy) is 2. The Morgan fingerprint density at radius 2 is 0.914 bits per heavy atom. The van der Waals surface area contributed by atoms with E-state index in [0.29, 0.717) is 13.2 Å². The van der Waals surface area contributed by atoms with Crippen molar-refractivity contribution < 1.29 is 24.2 Å². The van der Waals surface area contributed by atoms with Crippen LogP contribution in [0.25, 0.3) is 0 Å². The number of hydrazine groups is 1. The first-order chi connectivity index (χ1) is 17.1. The number of nitrogens with two attached hydrogens (primary N) is 1. The molecule has 0 rings (SSSR count). The number of aliphatic carboxylic acids is 1. The number of carbonyl (C=O) groups is 2. The summed E-state index contributed by atoms with van der Waals surface area (Å²) in [4.78, 5) is 23.9. The highest BCUT2D eigenvalue weighted by molar-refractivity contribution is 5.87. The van der Waals surface area contributed by atoms with Gasteiger partial charge in [0.2, 0.25) is 0 Å². The van der Waals surface area contributed by atoms with E-state index >= 15 is 0 Å². The molecule has 0 fully saturated rings. The zero-order chi connectivity index (χ0) is 26.0. The fourth-order valence-electron chi connectivity index (χ4n) is 4.27. The van der Waals surface area contributed by atoms with E-state index in [0.717, 1.165) is 38.5 Å². The lowest BCUT2D eigenvalue weighted by atomic mass is 10.1. The molecule has 1 amide bonds. The third-order valence-corrected chi connectivity index (χ3v) is 6.51. The van der Waals surface area contributed by atoms with Gasteiger partial charge in [0, 0.05) is 13.2 Å². The van der Waals surface area contributed by atoms with Crippen LogP contribution in [0.1, 0.15) is 142 Å². The zero-order valence-corrected chi connectivity index (χ0v) is 22.9. The van der Waals surface area contributed by atoms with Crippen LogP contribution in [-0.4, -0.2) is 42.4 Å². The first-order valence-corrected chi connectivity index (χ1v) is 14.5. The Balaban J connectivity index is 4.06. The Labute approximate surface area is 215 Å². The summed E-state index contributed by atoms with van der Waals surface area (Å²) in [7, 11) is 0. The molecular weight excluding hydrogens is 444 g/mol. The summed E-state index contributed by atoms with van der Waals surface area (Å²) in [5, 5.41) is 9.60. The standard InChI is InChI=1S/C28H56N2O5/c1-3-5-7-9-11-13-15-17-19-21-23-34-25(27(31)30-29)26(28(32)33)35-24-22-20-18-16-14-12-10-8-6-4-2/h25-26H,3-24,29H2,1-2H3,(H,30,31)(H,32,33)/t25-,26-/m1/s1. The fourth-order valence-corrected chi connectivity index (χ4v) is 4.27. The Morgan fingerprint density at radius 3 is 1.23 bits per heavy atom. The van der Waals surface area contributed by atoms with E-state index in [2.05, 4.69) is 13.8 Å². The minimum Gasteiger partial charge on any atom is -0.479 e. The second kappa shape index (κ2) is 25.9. The van der Waals surface area contributed by atoms with E-state index in [-0.39, 0.29) is 0 Å². The van der Waals surface area contributed by atoms with Crippen molar-refractivity contribution in [3.05, 3.63) is 0 Å². The Kier molecular flexibility index (Phi) is 25.0. The number of hydrogen-bond acceptors (Lipinski definition) is 5. The molecule has 4 N–H and O–H groups in total. The molecule has 0 aromatic carbocycles. The number of carboxylic acids is 1. The number of hydrogen-bond donors (Lipinski definition) is 3. The maximum absolute atomic E-state index is 12.2. The highest BCUT2D eigenvalue weighted by Crippen LogP contribution is 2.14. The molecule has 0 unspecified atom stereocenters. The van der Waals surface area contributed by atoms with Gasteiger partial charge in [-0.2, -0.15) is 0 Å². The van der Waals surface area contributed by atoms with Crippen LogP contribution in [0.2, 0.25) is 0 Å². The van der Waals surface area contributed by atoms with Crippen LogP contribution in [0, 0.1) is 0 Å². The van der Waals surface area contributed by atoms with Crippen molar-refractivity contribution in [1.29, 1.82) is 0 Å². The topological polar surface area (TPSA) is 111 Å². The molecule has 0 aliphatic rings. The second-order valence-corrected chi connectivity index (χ2v) is 9.79. The number of nitrogens with one attached hydrogen (secondary N) is 1. The minimum atomic E-state index is -1.35. The van der Waals surface area contributed by atoms with Gasteiger partial charge in [0.15, 0.2) is 12.2 Å². The van der Waals surface area contributed by atoms with Gasteiger partial charge in [-0.3, -0.25) is 10.2 Å². The highest BCUT2D eigenvalue weighted by Gasteiger charge is 2.35. The van der Waals surface area contributed by atoms with E-state index in [1.807, 2.05) is 5.43 Å². The summed E-state index contributed by atoms with van der Waals surface area (Å²) in [5.41, 5.74) is 2.03. The molecule has 0 heterocycles. The lowest BCUT2D eigenvalue weighted by molar-refractivity contribution is -0.168. The van der Waals surface area contributed by atoms with Crippen molar-refractivity contribution in [2.45, 2.75) is 154 Å². The van der Waals surface area contributed by atoms with Crippen LogP contribution >= 0.6 is 0 Å². The average molecular weight is 501 g/mol. The average Bonchev–Trinajstić information content (AvgIpc) is 2.85. The number of amides is 1. The van der Waals surface area contributed by atoms with Crippen molar-refractivity contribution in [3.8, 4) is 0 Å². The predicted molar refractivity (Wildman–Crippen MR) is 143 cm³/mol. The van der Waals surface area contributed by atoms with Crippen LogP contribution in [-0.2, 0) is 19.1 Å². The quantitative estimate of drug-likeness (QED) is 0.0502. The lowest BCUT2D eigenvalue weighted by Gasteiger charge is -2.23. The van der Waals surface area contributed by atoms with Crippen LogP contribution in [0.4, 0.5) is 0 Å². The van der Waals surface area contributed by atoms with Crippen LogP contribution < -0.4 is 11.3 Å². The molecule has 0 spiro atoms. The smallest absolute Gasteiger partial charge is 0.336 e. The molecule has 0 aromatic rings. The number of carboxylic acid groups (broad SMARTS) is 1. The molecule has 0 radical (unpaired) electrons. The summed E-state index contributed by atoms with van der Waals surface area (Å²) in [6, 6.07) is 0. The molecule has 0 aromatic heterocycles. The molecule has 0 aliphatic heterocycles. The maximum Gasteiger partial charge on any atom is 0.336 e. The summed E-state index contributed by atoms with van der Waals surface area (Å²) >= 11 is 0. The number of carbonyl (C=O) groups excluding carboxylic acids is 1. The van der Waals surface area contributed by atoms with Crippen LogP contribution in [0.15, 0.2) is 0 Å². The third-order valence-electron chi connectivity index (χ3n) is 6.51. The molecular formula is C28H56N2O5. The van der Waals surface area contributed by atoms with Gasteiger partial charge in [0.25, 0.3) is 5.91 Å². The Hall–Kier alpha value is -1.18. The zero-order valence-electron chi connectivity index (χ0n) is 22.9. The van der Waals surface area contributed by atoms with Gasteiger partial charge in [-0.25, -0.2) is 10.6 Å². The van der Waals surface area contributed by atoms with Gasteiger partial charge < -0.3 is 14.6 Å². The van der Waals surface area contributed by atoms with Crippen LogP contribution in [0.5, 0.6) is 0 Å². The van der Waals surface area contributed by atoms with Gasteiger partial charge in [0.1, 0.15) is 0 Å². The predicted octanol–water partition coefficient (Wildman–Crippen LogP) is 6.67. The largest absolute Gasteiger partial charge is 0.479 e. The maximum atomic E-state index is 12.2. The van der Waals surface area contributed by atoms with E-state index in [1.165, 1.54) is 89.9 Å². The van der Waals surface area contributed by atoms with E-state index < -0.39 is 24.1 Å². The third kappa shape index (κ3) is 20.7. The van der Waals surface area contributed by atoms with Crippen molar-refractivity contribution in [2.24, 2.45) is 5.84 Å². The summed E-state index contributed by atoms with van der Waals surface area (Å²) in [6.45, 7) is 5.07. The van der Waals surface area contributed by atoms with E-state index in [9.17, 15) is 14.7 Å². The molecule has 35 heavy (non-hydrogen) atoms. The molecule has 208 valence electrons. The molecule has 0 bridgehead atoms. The normalized spacial score (nSPS) is 13.0. The Morgan fingerprint density at radius 1 is 0.600 bits per heavy atom. The van der Waals surface area contributed by atoms with Gasteiger partial charge in [0.05, 0.1) is 0 Å². The van der Waals surface area contributed by atoms with E-state index in [4.69, 9.17) is 15.3 Å². The van der Waals surface area contributed by atoms with Crippen molar-refractivity contribution >= 4 is 11.9 Å². The first-order valence-electron chi connectivity index (χ1n) is 14.5. The number of rotatable bonds is 27. The second-order valence-electron chi connectivity index (χ2n) is 9.79. The molecule has 0 saturated heterocycles. The van der Waals surface area contributed by atoms with Crippen LogP contribution in [0.3, 0.4) is 0 Å². The van der Waals surface area contributed by atoms with E-state index in [1.54, 1.807) is 0 Å². The molecule has 7 nitrogen and oxygen atoms in total. The molecule has 0 aliphatic carbocycles. The van der Waals surface area contributed by atoms with Crippen molar-refractivity contribution in [3.63, 3.8) is 0 Å². The Bertz CT molecular complexity index is 490. The van der Waals surface area contributed by atoms with Crippen molar-refractivity contribution in [1.82, 2.24) is 5.43 Å². The SMILES string of the molecule is CCCCCCCCCCCCO[C@@H](C(=O)O)[C@@H](OCCCCCCCCCCCC)C(=O)NN. The van der Waals surface area contributed by atoms with Gasteiger partial charge in [-0.15, -0.1) is 0 Å². The summed E-state index contributed by atoms with van der Waals surface area (Å²) < 4.78 is 11.2. The summed E-state index contributed by atoms with van der Waals surface area (Å²) in [5.74, 6) is 3.41. The minimum absolute atomic E-state index is 0.295. The number of unbranched alkanes of at least 4 members (excludes halogenated alkanes) is 18. The van der Waals surface area contributed by atoms with Gasteiger partial charge in [-0.1, -0.05) is 129 Å². The molecule has 7 heteroatoms. The lowest BCUT2D eigenvalue weighted by Crippen LogP contribution is -2.50. The molecule has 2 atom stereocenters. The van der Waals surface area contributed by atoms with Crippen molar-refractivity contribution in [2.75, 3.05) is 13.2 Å². The monoisotopic (exact) mass is 500 g/mol. The van der Waals surface area contributed by atoms with Gasteiger partial charge >= 0.3 is 5.97 Å². The van der Waals surface area contributed by atoms with Gasteiger partial charge in [-0.05, 0) is 12.8 Å². The molecule has 0 saturated carbocycles.